The Morgan fingerprint density at radius 2 is 2.11 bits per heavy atom. The van der Waals surface area contributed by atoms with Crippen LogP contribution in [0.5, 0.6) is 0 Å². The number of carbonyl (C=O) groups is 1. The molecule has 1 amide bonds. The number of aryl methyl sites for hydroxylation is 1. The van der Waals surface area contributed by atoms with E-state index in [1.165, 1.54) is 16.9 Å². The van der Waals surface area contributed by atoms with Crippen LogP contribution in [0.25, 0.3) is 5.13 Å². The largest absolute Gasteiger partial charge is 0.326 e. The van der Waals surface area contributed by atoms with Crippen molar-refractivity contribution < 1.29 is 4.79 Å². The lowest BCUT2D eigenvalue weighted by Gasteiger charge is -2.05. The van der Waals surface area contributed by atoms with Crippen LogP contribution in [-0.4, -0.2) is 20.7 Å². The zero-order chi connectivity index (χ0) is 20.3. The van der Waals surface area contributed by atoms with Gasteiger partial charge in [-0.3, -0.25) is 4.79 Å². The zero-order valence-electron chi connectivity index (χ0n) is 16.6. The Hall–Kier alpha value is -2.18. The fourth-order valence-electron chi connectivity index (χ4n) is 3.07. The Balaban J connectivity index is 1.70. The highest BCUT2D eigenvalue weighted by molar-refractivity contribution is 7.12. The second-order valence-electron chi connectivity index (χ2n) is 7.35. The highest BCUT2D eigenvalue weighted by Gasteiger charge is 2.16. The lowest BCUT2D eigenvalue weighted by atomic mass is 10.0. The summed E-state index contributed by atoms with van der Waals surface area (Å²) in [6.07, 6.45) is 2.37. The number of halogens is 1. The summed E-state index contributed by atoms with van der Waals surface area (Å²) in [7, 11) is 0. The van der Waals surface area contributed by atoms with E-state index in [0.29, 0.717) is 16.6 Å². The molecule has 0 bridgehead atoms. The average Bonchev–Trinajstić information content (AvgIpc) is 3.17. The van der Waals surface area contributed by atoms with Crippen LogP contribution < -0.4 is 5.32 Å². The normalized spacial score (nSPS) is 11.2. The number of nitrogens with zero attached hydrogens (tertiary/aromatic N) is 3. The third-order valence-electron chi connectivity index (χ3n) is 4.58. The van der Waals surface area contributed by atoms with Crippen molar-refractivity contribution in [2.24, 2.45) is 5.92 Å². The number of benzene rings is 1. The van der Waals surface area contributed by atoms with Gasteiger partial charge in [0.2, 0.25) is 11.0 Å². The summed E-state index contributed by atoms with van der Waals surface area (Å²) in [6.45, 7) is 8.60. The number of thiazole rings is 1. The molecule has 0 radical (unpaired) electrons. The Morgan fingerprint density at radius 1 is 1.32 bits per heavy atom. The van der Waals surface area contributed by atoms with Gasteiger partial charge in [-0.25, -0.2) is 9.67 Å². The summed E-state index contributed by atoms with van der Waals surface area (Å²) in [5.41, 5.74) is 4.89. The van der Waals surface area contributed by atoms with Crippen LogP contribution >= 0.6 is 22.9 Å². The highest BCUT2D eigenvalue weighted by Crippen LogP contribution is 2.23. The number of amides is 1. The molecule has 3 rings (SSSR count). The molecule has 0 fully saturated rings. The number of nitrogens with one attached hydrogen (secondary N) is 1. The van der Waals surface area contributed by atoms with Gasteiger partial charge in [-0.2, -0.15) is 5.10 Å². The molecule has 0 unspecified atom stereocenters. The lowest BCUT2D eigenvalue weighted by molar-refractivity contribution is -0.115. The first kappa shape index (κ1) is 20.6. The van der Waals surface area contributed by atoms with Crippen molar-refractivity contribution in [1.82, 2.24) is 14.8 Å². The fourth-order valence-corrected chi connectivity index (χ4v) is 4.08. The summed E-state index contributed by atoms with van der Waals surface area (Å²) >= 11 is 7.46. The number of aromatic nitrogens is 3. The Kier molecular flexibility index (Phi) is 6.52. The van der Waals surface area contributed by atoms with Gasteiger partial charge in [0.25, 0.3) is 0 Å². The molecule has 0 aliphatic rings. The predicted octanol–water partition coefficient (Wildman–Crippen LogP) is 5.37. The zero-order valence-corrected chi connectivity index (χ0v) is 18.2. The molecule has 0 aliphatic carbocycles. The molecule has 5 nitrogen and oxygen atoms in total. The van der Waals surface area contributed by atoms with Crippen molar-refractivity contribution in [3.05, 3.63) is 57.3 Å². The molecule has 2 aromatic heterocycles. The van der Waals surface area contributed by atoms with Gasteiger partial charge in [-0.05, 0) is 56.4 Å². The van der Waals surface area contributed by atoms with E-state index >= 15 is 0 Å². The standard InChI is InChI=1S/C21H25ClN4OS/c1-13(2)8-9-19-14(3)25-26(15(19)4)21-24-18(12-28-21)11-20(27)23-17-7-5-6-16(22)10-17/h5-7,10,12-13H,8-9,11H2,1-4H3,(H,23,27). The molecule has 0 saturated heterocycles. The first-order chi connectivity index (χ1) is 13.3. The highest BCUT2D eigenvalue weighted by atomic mass is 35.5. The lowest BCUT2D eigenvalue weighted by Crippen LogP contribution is -2.14. The first-order valence-corrected chi connectivity index (χ1v) is 10.6. The fraction of sp³-hybridized carbons (Fsp3) is 0.381. The Labute approximate surface area is 174 Å². The SMILES string of the molecule is Cc1nn(-c2nc(CC(=O)Nc3cccc(Cl)c3)cs2)c(C)c1CCC(C)C. The van der Waals surface area contributed by atoms with Crippen molar-refractivity contribution >= 4 is 34.5 Å². The maximum absolute atomic E-state index is 12.3. The van der Waals surface area contributed by atoms with Crippen LogP contribution in [-0.2, 0) is 17.6 Å². The molecule has 0 atom stereocenters. The van der Waals surface area contributed by atoms with E-state index in [1.807, 2.05) is 23.1 Å². The second kappa shape index (κ2) is 8.88. The molecular weight excluding hydrogens is 392 g/mol. The van der Waals surface area contributed by atoms with Crippen molar-refractivity contribution in [3.8, 4) is 5.13 Å². The monoisotopic (exact) mass is 416 g/mol. The number of carbonyl (C=O) groups excluding carboxylic acids is 1. The smallest absolute Gasteiger partial charge is 0.230 e. The molecule has 7 heteroatoms. The first-order valence-electron chi connectivity index (χ1n) is 9.38. The van der Waals surface area contributed by atoms with Gasteiger partial charge in [0, 0.05) is 21.8 Å². The van der Waals surface area contributed by atoms with Gasteiger partial charge in [-0.15, -0.1) is 11.3 Å². The maximum Gasteiger partial charge on any atom is 0.230 e. The average molecular weight is 417 g/mol. The van der Waals surface area contributed by atoms with Gasteiger partial charge >= 0.3 is 0 Å². The number of hydrogen-bond donors (Lipinski definition) is 1. The van der Waals surface area contributed by atoms with E-state index in [1.54, 1.807) is 18.2 Å². The van der Waals surface area contributed by atoms with Gasteiger partial charge in [-0.1, -0.05) is 31.5 Å². The minimum absolute atomic E-state index is 0.120. The molecule has 0 saturated carbocycles. The second-order valence-corrected chi connectivity index (χ2v) is 8.62. The molecule has 3 aromatic rings. The summed E-state index contributed by atoms with van der Waals surface area (Å²) in [6, 6.07) is 7.11. The quantitative estimate of drug-likeness (QED) is 0.563. The summed E-state index contributed by atoms with van der Waals surface area (Å²) in [4.78, 5) is 16.9. The van der Waals surface area contributed by atoms with E-state index in [4.69, 9.17) is 11.6 Å². The van der Waals surface area contributed by atoms with Crippen LogP contribution in [0.2, 0.25) is 5.02 Å². The summed E-state index contributed by atoms with van der Waals surface area (Å²) in [5, 5.41) is 10.8. The molecule has 0 spiro atoms. The topological polar surface area (TPSA) is 59.8 Å². The molecule has 28 heavy (non-hydrogen) atoms. The number of hydrogen-bond acceptors (Lipinski definition) is 4. The molecule has 0 aliphatic heterocycles. The molecule has 1 aromatic carbocycles. The van der Waals surface area contributed by atoms with Crippen LogP contribution in [0.3, 0.4) is 0 Å². The summed E-state index contributed by atoms with van der Waals surface area (Å²) < 4.78 is 1.90. The minimum Gasteiger partial charge on any atom is -0.326 e. The van der Waals surface area contributed by atoms with Crippen LogP contribution in [0.1, 0.15) is 42.9 Å². The third-order valence-corrected chi connectivity index (χ3v) is 5.68. The van der Waals surface area contributed by atoms with Crippen LogP contribution in [0, 0.1) is 19.8 Å². The van der Waals surface area contributed by atoms with Gasteiger partial charge < -0.3 is 5.32 Å². The molecule has 1 N–H and O–H groups in total. The van der Waals surface area contributed by atoms with Crippen molar-refractivity contribution in [3.63, 3.8) is 0 Å². The minimum atomic E-state index is -0.120. The van der Waals surface area contributed by atoms with Crippen molar-refractivity contribution in [1.29, 1.82) is 0 Å². The van der Waals surface area contributed by atoms with E-state index in [2.05, 4.69) is 36.2 Å². The third kappa shape index (κ3) is 5.00. The van der Waals surface area contributed by atoms with E-state index in [9.17, 15) is 4.79 Å². The Morgan fingerprint density at radius 3 is 2.82 bits per heavy atom. The van der Waals surface area contributed by atoms with Crippen molar-refractivity contribution in [2.75, 3.05) is 5.32 Å². The number of anilines is 1. The van der Waals surface area contributed by atoms with Crippen LogP contribution in [0.4, 0.5) is 5.69 Å². The maximum atomic E-state index is 12.3. The van der Waals surface area contributed by atoms with E-state index in [-0.39, 0.29) is 12.3 Å². The molecule has 2 heterocycles. The van der Waals surface area contributed by atoms with E-state index in [0.717, 1.165) is 35.1 Å². The van der Waals surface area contributed by atoms with Gasteiger partial charge in [0.1, 0.15) is 0 Å². The van der Waals surface area contributed by atoms with Gasteiger partial charge in [0.15, 0.2) is 0 Å². The van der Waals surface area contributed by atoms with Crippen LogP contribution in [0.15, 0.2) is 29.6 Å². The molecule has 148 valence electrons. The van der Waals surface area contributed by atoms with E-state index < -0.39 is 0 Å². The summed E-state index contributed by atoms with van der Waals surface area (Å²) in [5.74, 6) is 0.539. The van der Waals surface area contributed by atoms with Gasteiger partial charge in [0.05, 0.1) is 17.8 Å². The van der Waals surface area contributed by atoms with Crippen molar-refractivity contribution in [2.45, 2.75) is 47.0 Å². The predicted molar refractivity (Wildman–Crippen MR) is 116 cm³/mol. The number of rotatable bonds is 7. The Bertz CT molecular complexity index is 977. The molecular formula is C21H25ClN4OS.